The van der Waals surface area contributed by atoms with Crippen molar-refractivity contribution in [3.05, 3.63) is 0 Å². The summed E-state index contributed by atoms with van der Waals surface area (Å²) in [6, 6.07) is 0. The van der Waals surface area contributed by atoms with Crippen LogP contribution < -0.4 is 5.32 Å². The van der Waals surface area contributed by atoms with Gasteiger partial charge in [-0.05, 0) is 18.3 Å². The average Bonchev–Trinajstić information content (AvgIpc) is 2.35. The molecule has 0 saturated carbocycles. The van der Waals surface area contributed by atoms with E-state index < -0.39 is 0 Å². The average molecular weight is 301 g/mol. The molecule has 0 aliphatic carbocycles. The van der Waals surface area contributed by atoms with Gasteiger partial charge >= 0.3 is 0 Å². The summed E-state index contributed by atoms with van der Waals surface area (Å²) in [5.74, 6) is 0.106. The number of amides is 1. The lowest BCUT2D eigenvalue weighted by atomic mass is 9.87. The van der Waals surface area contributed by atoms with Crippen molar-refractivity contribution in [1.82, 2.24) is 5.32 Å². The van der Waals surface area contributed by atoms with Crippen LogP contribution in [-0.4, -0.2) is 38.9 Å². The first kappa shape index (κ1) is 20.4. The van der Waals surface area contributed by atoms with Crippen molar-refractivity contribution in [2.45, 2.75) is 60.8 Å². The third kappa shape index (κ3) is 11.7. The van der Waals surface area contributed by atoms with Crippen LogP contribution in [0.3, 0.4) is 0 Å². The van der Waals surface area contributed by atoms with Gasteiger partial charge in [-0.15, -0.1) is 0 Å². The van der Waals surface area contributed by atoms with E-state index in [9.17, 15) is 4.79 Å². The first-order valence-corrected chi connectivity index (χ1v) is 8.13. The van der Waals surface area contributed by atoms with Crippen molar-refractivity contribution in [1.29, 1.82) is 0 Å². The van der Waals surface area contributed by atoms with Gasteiger partial charge in [-0.1, -0.05) is 48.0 Å². The second-order valence-corrected chi connectivity index (χ2v) is 7.43. The maximum absolute atomic E-state index is 11.9. The second kappa shape index (κ2) is 10.2. The molecule has 1 amide bonds. The molecule has 0 saturated heterocycles. The van der Waals surface area contributed by atoms with Crippen LogP contribution in [0.5, 0.6) is 0 Å². The molecule has 1 N–H and O–H groups in total. The zero-order chi connectivity index (χ0) is 16.4. The topological polar surface area (TPSA) is 47.6 Å². The summed E-state index contributed by atoms with van der Waals surface area (Å²) < 4.78 is 11.0. The first-order valence-electron chi connectivity index (χ1n) is 8.13. The monoisotopic (exact) mass is 301 g/mol. The summed E-state index contributed by atoms with van der Waals surface area (Å²) in [4.78, 5) is 11.9. The first-order chi connectivity index (χ1) is 9.69. The van der Waals surface area contributed by atoms with E-state index in [2.05, 4.69) is 33.0 Å². The molecule has 0 heterocycles. The lowest BCUT2D eigenvalue weighted by Gasteiger charge is -2.22. The zero-order valence-electron chi connectivity index (χ0n) is 14.9. The molecule has 0 aliphatic rings. The number of ether oxygens (including phenoxy) is 2. The lowest BCUT2D eigenvalue weighted by Crippen LogP contribution is -2.38. The molecule has 4 nitrogen and oxygen atoms in total. The minimum absolute atomic E-state index is 0.106. The minimum atomic E-state index is -0.287. The molecule has 126 valence electrons. The molecule has 0 aromatic carbocycles. The van der Waals surface area contributed by atoms with Gasteiger partial charge in [0, 0.05) is 18.6 Å². The van der Waals surface area contributed by atoms with Gasteiger partial charge in [0.25, 0.3) is 0 Å². The number of carbonyl (C=O) groups excluding carboxylic acids is 1. The molecule has 0 aromatic rings. The predicted octanol–water partition coefficient (Wildman–Crippen LogP) is 3.40. The highest BCUT2D eigenvalue weighted by atomic mass is 16.5. The molecule has 0 aromatic heterocycles. The van der Waals surface area contributed by atoms with Crippen molar-refractivity contribution >= 4 is 5.91 Å². The quantitative estimate of drug-likeness (QED) is 0.595. The highest BCUT2D eigenvalue weighted by Gasteiger charge is 2.25. The zero-order valence-corrected chi connectivity index (χ0v) is 14.9. The van der Waals surface area contributed by atoms with Gasteiger partial charge in [0.05, 0.1) is 19.8 Å². The van der Waals surface area contributed by atoms with Crippen LogP contribution in [0.4, 0.5) is 0 Å². The van der Waals surface area contributed by atoms with Crippen LogP contribution in [0.1, 0.15) is 60.8 Å². The molecular weight excluding hydrogens is 266 g/mol. The molecule has 0 atom stereocenters. The van der Waals surface area contributed by atoms with E-state index in [4.69, 9.17) is 9.47 Å². The summed E-state index contributed by atoms with van der Waals surface area (Å²) in [5, 5.41) is 2.92. The minimum Gasteiger partial charge on any atom is -0.379 e. The van der Waals surface area contributed by atoms with E-state index in [0.717, 1.165) is 25.9 Å². The van der Waals surface area contributed by atoms with Crippen molar-refractivity contribution in [3.8, 4) is 0 Å². The van der Waals surface area contributed by atoms with Gasteiger partial charge in [-0.3, -0.25) is 4.79 Å². The molecule has 0 aliphatic heterocycles. The predicted molar refractivity (Wildman–Crippen MR) is 87.4 cm³/mol. The van der Waals surface area contributed by atoms with Crippen LogP contribution in [0.15, 0.2) is 0 Å². The smallest absolute Gasteiger partial charge is 0.225 e. The van der Waals surface area contributed by atoms with Crippen molar-refractivity contribution < 1.29 is 14.3 Å². The van der Waals surface area contributed by atoms with Crippen LogP contribution in [-0.2, 0) is 14.3 Å². The Morgan fingerprint density at radius 2 is 1.48 bits per heavy atom. The molecule has 21 heavy (non-hydrogen) atoms. The maximum atomic E-state index is 11.9. The van der Waals surface area contributed by atoms with Gasteiger partial charge in [-0.25, -0.2) is 0 Å². The van der Waals surface area contributed by atoms with Crippen LogP contribution in [0.2, 0.25) is 0 Å². The van der Waals surface area contributed by atoms with Gasteiger partial charge in [-0.2, -0.15) is 0 Å². The normalized spacial score (nSPS) is 12.5. The van der Waals surface area contributed by atoms with Crippen LogP contribution >= 0.6 is 0 Å². The standard InChI is InChI=1S/C17H35NO3/c1-7-8-17(5,6)15(19)18-10-12-21-14-13-20-11-9-16(2,3)4/h7-14H2,1-6H3,(H,18,19). The van der Waals surface area contributed by atoms with Gasteiger partial charge < -0.3 is 14.8 Å². The summed E-state index contributed by atoms with van der Waals surface area (Å²) >= 11 is 0. The summed E-state index contributed by atoms with van der Waals surface area (Å²) in [6.45, 7) is 15.7. The highest BCUT2D eigenvalue weighted by molar-refractivity contribution is 5.81. The number of hydrogen-bond donors (Lipinski definition) is 1. The van der Waals surface area contributed by atoms with E-state index in [1.54, 1.807) is 0 Å². The van der Waals surface area contributed by atoms with Gasteiger partial charge in [0.2, 0.25) is 5.91 Å². The Kier molecular flexibility index (Phi) is 9.88. The molecule has 0 rings (SSSR count). The van der Waals surface area contributed by atoms with Crippen molar-refractivity contribution in [2.75, 3.05) is 33.0 Å². The van der Waals surface area contributed by atoms with E-state index >= 15 is 0 Å². The van der Waals surface area contributed by atoms with Gasteiger partial charge in [0.1, 0.15) is 0 Å². The number of hydrogen-bond acceptors (Lipinski definition) is 3. The van der Waals surface area contributed by atoms with Crippen molar-refractivity contribution in [3.63, 3.8) is 0 Å². The molecule has 0 spiro atoms. The molecule has 0 bridgehead atoms. The van der Waals surface area contributed by atoms with E-state index in [1.807, 2.05) is 13.8 Å². The third-order valence-corrected chi connectivity index (χ3v) is 3.39. The highest BCUT2D eigenvalue weighted by Crippen LogP contribution is 2.21. The fraction of sp³-hybridized carbons (Fsp3) is 0.941. The molecule has 0 radical (unpaired) electrons. The SMILES string of the molecule is CCCC(C)(C)C(=O)NCCOCCOCCC(C)(C)C. The van der Waals surface area contributed by atoms with Crippen LogP contribution in [0, 0.1) is 10.8 Å². The number of carbonyl (C=O) groups is 1. The fourth-order valence-electron chi connectivity index (χ4n) is 1.91. The molecular formula is C17H35NO3. The maximum Gasteiger partial charge on any atom is 0.225 e. The Morgan fingerprint density at radius 1 is 0.905 bits per heavy atom. The summed E-state index contributed by atoms with van der Waals surface area (Å²) in [7, 11) is 0. The Hall–Kier alpha value is -0.610. The van der Waals surface area contributed by atoms with E-state index in [0.29, 0.717) is 31.8 Å². The van der Waals surface area contributed by atoms with E-state index in [-0.39, 0.29) is 11.3 Å². The molecule has 0 fully saturated rings. The Labute approximate surface area is 131 Å². The van der Waals surface area contributed by atoms with Crippen LogP contribution in [0.25, 0.3) is 0 Å². The van der Waals surface area contributed by atoms with Crippen molar-refractivity contribution in [2.24, 2.45) is 10.8 Å². The number of nitrogens with one attached hydrogen (secondary N) is 1. The largest absolute Gasteiger partial charge is 0.379 e. The Balaban J connectivity index is 3.46. The molecule has 0 unspecified atom stereocenters. The Morgan fingerprint density at radius 3 is 2.00 bits per heavy atom. The lowest BCUT2D eigenvalue weighted by molar-refractivity contribution is -0.129. The summed E-state index contributed by atoms with van der Waals surface area (Å²) in [6.07, 6.45) is 2.97. The second-order valence-electron chi connectivity index (χ2n) is 7.43. The fourth-order valence-corrected chi connectivity index (χ4v) is 1.91. The van der Waals surface area contributed by atoms with Gasteiger partial charge in [0.15, 0.2) is 0 Å². The summed E-state index contributed by atoms with van der Waals surface area (Å²) in [5.41, 5.74) is 0.0290. The third-order valence-electron chi connectivity index (χ3n) is 3.39. The number of rotatable bonds is 11. The Bertz CT molecular complexity index is 282. The molecule has 4 heteroatoms. The van der Waals surface area contributed by atoms with E-state index in [1.165, 1.54) is 0 Å².